The molecule has 0 aromatic heterocycles. The Bertz CT molecular complexity index is 1050. The summed E-state index contributed by atoms with van der Waals surface area (Å²) >= 11 is 0. The molecule has 0 radical (unpaired) electrons. The summed E-state index contributed by atoms with van der Waals surface area (Å²) in [5.74, 6) is 0. The van der Waals surface area contributed by atoms with Gasteiger partial charge in [-0.15, -0.1) is 0 Å². The van der Waals surface area contributed by atoms with E-state index in [1.807, 2.05) is 32.0 Å². The van der Waals surface area contributed by atoms with Crippen molar-refractivity contribution in [3.8, 4) is 0 Å². The fraction of sp³-hybridized carbons (Fsp3) is 0.316. The molecule has 0 bridgehead atoms. The zero-order valence-corrected chi connectivity index (χ0v) is 17.0. The zero-order valence-electron chi connectivity index (χ0n) is 16.2. The van der Waals surface area contributed by atoms with Gasteiger partial charge in [-0.1, -0.05) is 23.8 Å². The van der Waals surface area contributed by atoms with Gasteiger partial charge in [0.05, 0.1) is 30.0 Å². The van der Waals surface area contributed by atoms with Crippen molar-refractivity contribution in [2.45, 2.75) is 18.7 Å². The van der Waals surface area contributed by atoms with E-state index in [-0.39, 0.29) is 42.6 Å². The second-order valence-corrected chi connectivity index (χ2v) is 8.59. The molecular formula is C19H22N4O5S. The van der Waals surface area contributed by atoms with Crippen molar-refractivity contribution < 1.29 is 18.1 Å². The quantitative estimate of drug-likeness (QED) is 0.438. The van der Waals surface area contributed by atoms with Gasteiger partial charge in [0.1, 0.15) is 4.90 Å². The Balaban J connectivity index is 1.94. The van der Waals surface area contributed by atoms with Crippen LogP contribution in [0.15, 0.2) is 46.4 Å². The van der Waals surface area contributed by atoms with Crippen LogP contribution in [0.5, 0.6) is 0 Å². The summed E-state index contributed by atoms with van der Waals surface area (Å²) in [5.41, 5.74) is 5.57. The molecule has 1 N–H and O–H groups in total. The summed E-state index contributed by atoms with van der Waals surface area (Å²) in [6.07, 6.45) is 1.59. The molecule has 1 aliphatic rings. The first-order chi connectivity index (χ1) is 13.8. The average Bonchev–Trinajstić information content (AvgIpc) is 2.71. The molecule has 0 saturated carbocycles. The number of morpholine rings is 1. The Morgan fingerprint density at radius 2 is 1.90 bits per heavy atom. The first kappa shape index (κ1) is 20.9. The molecule has 0 spiro atoms. The van der Waals surface area contributed by atoms with E-state index in [2.05, 4.69) is 10.5 Å². The third-order valence-corrected chi connectivity index (χ3v) is 6.53. The van der Waals surface area contributed by atoms with Gasteiger partial charge in [-0.2, -0.15) is 9.41 Å². The molecule has 3 rings (SSSR count). The van der Waals surface area contributed by atoms with Gasteiger partial charge < -0.3 is 4.74 Å². The summed E-state index contributed by atoms with van der Waals surface area (Å²) in [7, 11) is -3.95. The SMILES string of the molecule is Cc1ccc(C)c(/C=N/Nc2ccc([N+](=O)[O-])cc2S(=O)(=O)N2CCOCC2)c1. The van der Waals surface area contributed by atoms with Crippen LogP contribution < -0.4 is 5.43 Å². The van der Waals surface area contributed by atoms with E-state index in [1.165, 1.54) is 16.4 Å². The van der Waals surface area contributed by atoms with E-state index < -0.39 is 14.9 Å². The van der Waals surface area contributed by atoms with Gasteiger partial charge in [0, 0.05) is 25.2 Å². The lowest BCUT2D eigenvalue weighted by molar-refractivity contribution is -0.385. The highest BCUT2D eigenvalue weighted by Gasteiger charge is 2.30. The van der Waals surface area contributed by atoms with Crippen molar-refractivity contribution in [3.63, 3.8) is 0 Å². The number of aryl methyl sites for hydroxylation is 2. The van der Waals surface area contributed by atoms with Gasteiger partial charge >= 0.3 is 0 Å². The van der Waals surface area contributed by atoms with Gasteiger partial charge in [-0.05, 0) is 31.0 Å². The van der Waals surface area contributed by atoms with Gasteiger partial charge in [-0.3, -0.25) is 15.5 Å². The standard InChI is InChI=1S/C19H22N4O5S/c1-14-3-4-15(2)16(11-14)13-20-21-18-6-5-17(23(24)25)12-19(18)29(26,27)22-7-9-28-10-8-22/h3-6,11-13,21H,7-10H2,1-2H3/b20-13+. The summed E-state index contributed by atoms with van der Waals surface area (Å²) in [5, 5.41) is 15.3. The first-order valence-electron chi connectivity index (χ1n) is 9.02. The summed E-state index contributed by atoms with van der Waals surface area (Å²) < 4.78 is 32.6. The van der Waals surface area contributed by atoms with Crippen molar-refractivity contribution in [2.24, 2.45) is 5.10 Å². The third kappa shape index (κ3) is 4.78. The number of hydrogen-bond acceptors (Lipinski definition) is 7. The molecule has 0 amide bonds. The largest absolute Gasteiger partial charge is 0.379 e. The van der Waals surface area contributed by atoms with E-state index in [0.717, 1.165) is 22.8 Å². The summed E-state index contributed by atoms with van der Waals surface area (Å²) in [6, 6.07) is 9.57. The Labute approximate surface area is 169 Å². The number of benzene rings is 2. The minimum atomic E-state index is -3.95. The smallest absolute Gasteiger partial charge is 0.270 e. The summed E-state index contributed by atoms with van der Waals surface area (Å²) in [4.78, 5) is 10.4. The number of nitro groups is 1. The normalized spacial score (nSPS) is 15.5. The molecule has 1 saturated heterocycles. The number of sulfonamides is 1. The number of anilines is 1. The van der Waals surface area contributed by atoms with Gasteiger partial charge in [0.25, 0.3) is 5.69 Å². The predicted molar refractivity (Wildman–Crippen MR) is 110 cm³/mol. The third-order valence-electron chi connectivity index (χ3n) is 4.59. The molecule has 1 fully saturated rings. The lowest BCUT2D eigenvalue weighted by atomic mass is 10.1. The van der Waals surface area contributed by atoms with Crippen LogP contribution in [0.1, 0.15) is 16.7 Å². The van der Waals surface area contributed by atoms with Crippen LogP contribution >= 0.6 is 0 Å². The van der Waals surface area contributed by atoms with Crippen molar-refractivity contribution in [1.82, 2.24) is 4.31 Å². The van der Waals surface area contributed by atoms with Crippen LogP contribution in [0.3, 0.4) is 0 Å². The maximum atomic E-state index is 13.1. The number of nitrogens with zero attached hydrogens (tertiary/aromatic N) is 3. The number of nitrogens with one attached hydrogen (secondary N) is 1. The van der Waals surface area contributed by atoms with Crippen LogP contribution in [0.4, 0.5) is 11.4 Å². The maximum Gasteiger partial charge on any atom is 0.270 e. The van der Waals surface area contributed by atoms with Gasteiger partial charge in [-0.25, -0.2) is 8.42 Å². The molecule has 10 heteroatoms. The van der Waals surface area contributed by atoms with E-state index in [0.29, 0.717) is 0 Å². The molecule has 1 heterocycles. The number of ether oxygens (including phenoxy) is 1. The Kier molecular flexibility index (Phi) is 6.26. The van der Waals surface area contributed by atoms with E-state index in [4.69, 9.17) is 4.74 Å². The van der Waals surface area contributed by atoms with Crippen molar-refractivity contribution in [1.29, 1.82) is 0 Å². The zero-order chi connectivity index (χ0) is 21.0. The summed E-state index contributed by atoms with van der Waals surface area (Å²) in [6.45, 7) is 4.85. The second kappa shape index (κ2) is 8.68. The van der Waals surface area contributed by atoms with Gasteiger partial charge in [0.2, 0.25) is 10.0 Å². The molecular weight excluding hydrogens is 396 g/mol. The lowest BCUT2D eigenvalue weighted by Gasteiger charge is -2.26. The monoisotopic (exact) mass is 418 g/mol. The van der Waals surface area contributed by atoms with Crippen molar-refractivity contribution >= 4 is 27.6 Å². The number of nitro benzene ring substituents is 1. The molecule has 1 aliphatic heterocycles. The fourth-order valence-corrected chi connectivity index (χ4v) is 4.50. The number of hydrogen-bond donors (Lipinski definition) is 1. The molecule has 29 heavy (non-hydrogen) atoms. The Morgan fingerprint density at radius 1 is 1.17 bits per heavy atom. The lowest BCUT2D eigenvalue weighted by Crippen LogP contribution is -2.40. The average molecular weight is 418 g/mol. The predicted octanol–water partition coefficient (Wildman–Crippen LogP) is 2.68. The van der Waals surface area contributed by atoms with Crippen LogP contribution in [0.2, 0.25) is 0 Å². The minimum Gasteiger partial charge on any atom is -0.379 e. The maximum absolute atomic E-state index is 13.1. The molecule has 0 atom stereocenters. The highest BCUT2D eigenvalue weighted by atomic mass is 32.2. The van der Waals surface area contributed by atoms with E-state index >= 15 is 0 Å². The van der Waals surface area contributed by atoms with Crippen LogP contribution in [-0.2, 0) is 14.8 Å². The molecule has 9 nitrogen and oxygen atoms in total. The second-order valence-electron chi connectivity index (χ2n) is 6.68. The molecule has 0 unspecified atom stereocenters. The minimum absolute atomic E-state index is 0.170. The molecule has 0 aliphatic carbocycles. The van der Waals surface area contributed by atoms with Crippen LogP contribution in [-0.4, -0.2) is 50.2 Å². The van der Waals surface area contributed by atoms with Crippen LogP contribution in [0.25, 0.3) is 0 Å². The highest BCUT2D eigenvalue weighted by Crippen LogP contribution is 2.29. The van der Waals surface area contributed by atoms with E-state index in [9.17, 15) is 18.5 Å². The first-order valence-corrected chi connectivity index (χ1v) is 10.5. The molecule has 2 aromatic rings. The van der Waals surface area contributed by atoms with Gasteiger partial charge in [0.15, 0.2) is 0 Å². The topological polar surface area (TPSA) is 114 Å². The van der Waals surface area contributed by atoms with E-state index in [1.54, 1.807) is 6.21 Å². The van der Waals surface area contributed by atoms with Crippen molar-refractivity contribution in [2.75, 3.05) is 31.7 Å². The Hall–Kier alpha value is -2.82. The van der Waals surface area contributed by atoms with Crippen LogP contribution in [0, 0.1) is 24.0 Å². The highest BCUT2D eigenvalue weighted by molar-refractivity contribution is 7.89. The fourth-order valence-electron chi connectivity index (χ4n) is 2.93. The molecule has 2 aromatic carbocycles. The number of non-ortho nitro benzene ring substituents is 1. The Morgan fingerprint density at radius 3 is 2.59 bits per heavy atom. The van der Waals surface area contributed by atoms with Crippen molar-refractivity contribution in [3.05, 3.63) is 63.2 Å². The number of hydrazone groups is 1. The molecule has 154 valence electrons. The number of rotatable bonds is 6.